The minimum Gasteiger partial charge on any atom is -0.459 e. The Bertz CT molecular complexity index is 560. The van der Waals surface area contributed by atoms with Gasteiger partial charge in [0, 0.05) is 11.6 Å². The molecule has 0 N–H and O–H groups in total. The first-order valence-electron chi connectivity index (χ1n) is 8.45. The van der Waals surface area contributed by atoms with Crippen LogP contribution in [-0.4, -0.2) is 17.9 Å². The molecule has 0 aromatic heterocycles. The molecule has 1 saturated carbocycles. The summed E-state index contributed by atoms with van der Waals surface area (Å²) in [5, 5.41) is 0. The predicted octanol–water partition coefficient (Wildman–Crippen LogP) is 4.43. The van der Waals surface area contributed by atoms with Crippen molar-refractivity contribution in [3.05, 3.63) is 48.0 Å². The van der Waals surface area contributed by atoms with Crippen LogP contribution >= 0.6 is 0 Å². The maximum Gasteiger partial charge on any atom is 0.331 e. The SMILES string of the molecule is CC1CCC(C(C)C)C(OC(=O)/C=C\C(=O)c2ccccc2)C1. The van der Waals surface area contributed by atoms with Crippen LogP contribution in [0, 0.1) is 17.8 Å². The van der Waals surface area contributed by atoms with Crippen molar-refractivity contribution in [2.75, 3.05) is 0 Å². The Labute approximate surface area is 138 Å². The molecule has 2 rings (SSSR count). The van der Waals surface area contributed by atoms with Gasteiger partial charge in [-0.1, -0.05) is 57.5 Å². The molecule has 1 fully saturated rings. The first kappa shape index (κ1) is 17.5. The number of hydrogen-bond donors (Lipinski definition) is 0. The topological polar surface area (TPSA) is 43.4 Å². The van der Waals surface area contributed by atoms with E-state index in [1.165, 1.54) is 18.6 Å². The Kier molecular flexibility index (Phi) is 6.14. The van der Waals surface area contributed by atoms with Crippen LogP contribution in [0.4, 0.5) is 0 Å². The molecule has 124 valence electrons. The summed E-state index contributed by atoms with van der Waals surface area (Å²) in [7, 11) is 0. The normalized spacial score (nSPS) is 24.8. The van der Waals surface area contributed by atoms with Crippen LogP contribution in [0.1, 0.15) is 50.4 Å². The van der Waals surface area contributed by atoms with Gasteiger partial charge in [0.15, 0.2) is 5.78 Å². The molecule has 1 aromatic rings. The highest BCUT2D eigenvalue weighted by atomic mass is 16.5. The third-order valence-corrected chi connectivity index (χ3v) is 4.66. The third kappa shape index (κ3) is 5.05. The second-order valence-electron chi connectivity index (χ2n) is 6.87. The largest absolute Gasteiger partial charge is 0.459 e. The van der Waals surface area contributed by atoms with E-state index in [9.17, 15) is 9.59 Å². The van der Waals surface area contributed by atoms with Crippen molar-refractivity contribution >= 4 is 11.8 Å². The van der Waals surface area contributed by atoms with Crippen molar-refractivity contribution in [1.29, 1.82) is 0 Å². The monoisotopic (exact) mass is 314 g/mol. The lowest BCUT2D eigenvalue weighted by Crippen LogP contribution is -2.35. The fourth-order valence-electron chi connectivity index (χ4n) is 3.28. The number of rotatable bonds is 5. The average Bonchev–Trinajstić information content (AvgIpc) is 2.53. The Balaban J connectivity index is 1.95. The number of ether oxygens (including phenoxy) is 1. The molecule has 23 heavy (non-hydrogen) atoms. The lowest BCUT2D eigenvalue weighted by atomic mass is 9.75. The molecule has 1 aliphatic carbocycles. The van der Waals surface area contributed by atoms with Gasteiger partial charge in [0.05, 0.1) is 0 Å². The van der Waals surface area contributed by atoms with Crippen molar-refractivity contribution in [2.24, 2.45) is 17.8 Å². The number of benzene rings is 1. The molecule has 0 spiro atoms. The zero-order valence-corrected chi connectivity index (χ0v) is 14.2. The Morgan fingerprint density at radius 3 is 2.48 bits per heavy atom. The highest BCUT2D eigenvalue weighted by Crippen LogP contribution is 2.35. The van der Waals surface area contributed by atoms with E-state index in [1.54, 1.807) is 24.3 Å². The Morgan fingerprint density at radius 2 is 1.83 bits per heavy atom. The van der Waals surface area contributed by atoms with E-state index in [2.05, 4.69) is 20.8 Å². The van der Waals surface area contributed by atoms with Crippen LogP contribution in [0.25, 0.3) is 0 Å². The lowest BCUT2D eigenvalue weighted by Gasteiger charge is -2.36. The molecule has 3 nitrogen and oxygen atoms in total. The average molecular weight is 314 g/mol. The second kappa shape index (κ2) is 8.09. The molecule has 0 amide bonds. The maximum atomic E-state index is 12.1. The second-order valence-corrected chi connectivity index (χ2v) is 6.87. The molecular formula is C20H26O3. The van der Waals surface area contributed by atoms with Crippen LogP contribution in [-0.2, 0) is 9.53 Å². The molecule has 0 aliphatic heterocycles. The van der Waals surface area contributed by atoms with Gasteiger partial charge in [-0.15, -0.1) is 0 Å². The number of esters is 1. The number of carbonyl (C=O) groups is 2. The van der Waals surface area contributed by atoms with Crippen molar-refractivity contribution < 1.29 is 14.3 Å². The smallest absolute Gasteiger partial charge is 0.331 e. The maximum absolute atomic E-state index is 12.1. The fraction of sp³-hybridized carbons (Fsp3) is 0.500. The molecule has 3 heteroatoms. The van der Waals surface area contributed by atoms with Gasteiger partial charge in [-0.3, -0.25) is 4.79 Å². The number of allylic oxidation sites excluding steroid dienone is 1. The minimum atomic E-state index is -0.418. The number of hydrogen-bond acceptors (Lipinski definition) is 3. The molecular weight excluding hydrogens is 288 g/mol. The van der Waals surface area contributed by atoms with Crippen LogP contribution in [0.15, 0.2) is 42.5 Å². The summed E-state index contributed by atoms with van der Waals surface area (Å²) in [6, 6.07) is 8.92. The summed E-state index contributed by atoms with van der Waals surface area (Å²) in [6.07, 6.45) is 5.72. The van der Waals surface area contributed by atoms with Gasteiger partial charge >= 0.3 is 5.97 Å². The van der Waals surface area contributed by atoms with E-state index in [0.29, 0.717) is 23.3 Å². The Morgan fingerprint density at radius 1 is 1.13 bits per heavy atom. The summed E-state index contributed by atoms with van der Waals surface area (Å²) in [5.74, 6) is 0.889. The summed E-state index contributed by atoms with van der Waals surface area (Å²) >= 11 is 0. The lowest BCUT2D eigenvalue weighted by molar-refractivity contribution is -0.149. The van der Waals surface area contributed by atoms with E-state index in [4.69, 9.17) is 4.74 Å². The summed E-state index contributed by atoms with van der Waals surface area (Å²) in [5.41, 5.74) is 0.572. The van der Waals surface area contributed by atoms with Gasteiger partial charge in [0.2, 0.25) is 0 Å². The van der Waals surface area contributed by atoms with Gasteiger partial charge in [-0.05, 0) is 36.7 Å². The van der Waals surface area contributed by atoms with E-state index in [1.807, 2.05) is 6.07 Å². The predicted molar refractivity (Wildman–Crippen MR) is 91.1 cm³/mol. The standard InChI is InChI=1S/C20H26O3/c1-14(2)17-10-9-15(3)13-19(17)23-20(22)12-11-18(21)16-7-5-4-6-8-16/h4-8,11-12,14-15,17,19H,9-10,13H2,1-3H3/b12-11-. The Hall–Kier alpha value is -1.90. The molecule has 1 aromatic carbocycles. The van der Waals surface area contributed by atoms with Gasteiger partial charge < -0.3 is 4.74 Å². The van der Waals surface area contributed by atoms with Crippen LogP contribution in [0.2, 0.25) is 0 Å². The van der Waals surface area contributed by atoms with Gasteiger partial charge in [0.25, 0.3) is 0 Å². The van der Waals surface area contributed by atoms with Crippen LogP contribution in [0.5, 0.6) is 0 Å². The molecule has 0 bridgehead atoms. The van der Waals surface area contributed by atoms with Crippen molar-refractivity contribution in [3.8, 4) is 0 Å². The molecule has 3 unspecified atom stereocenters. The van der Waals surface area contributed by atoms with Gasteiger partial charge in [-0.25, -0.2) is 4.79 Å². The van der Waals surface area contributed by atoms with E-state index in [-0.39, 0.29) is 11.9 Å². The van der Waals surface area contributed by atoms with Crippen molar-refractivity contribution in [2.45, 2.75) is 46.1 Å². The van der Waals surface area contributed by atoms with Gasteiger partial charge in [0.1, 0.15) is 6.10 Å². The summed E-state index contributed by atoms with van der Waals surface area (Å²) in [6.45, 7) is 6.55. The summed E-state index contributed by atoms with van der Waals surface area (Å²) < 4.78 is 5.64. The minimum absolute atomic E-state index is 0.0391. The van der Waals surface area contributed by atoms with Crippen molar-refractivity contribution in [3.63, 3.8) is 0 Å². The zero-order chi connectivity index (χ0) is 16.8. The van der Waals surface area contributed by atoms with Gasteiger partial charge in [-0.2, -0.15) is 0 Å². The fourth-order valence-corrected chi connectivity index (χ4v) is 3.28. The molecule has 3 atom stereocenters. The van der Waals surface area contributed by atoms with E-state index >= 15 is 0 Å². The third-order valence-electron chi connectivity index (χ3n) is 4.66. The van der Waals surface area contributed by atoms with E-state index in [0.717, 1.165) is 12.8 Å². The van der Waals surface area contributed by atoms with Crippen LogP contribution < -0.4 is 0 Å². The highest BCUT2D eigenvalue weighted by Gasteiger charge is 2.32. The quantitative estimate of drug-likeness (QED) is 0.459. The summed E-state index contributed by atoms with van der Waals surface area (Å²) in [4.78, 5) is 24.0. The molecule has 1 aliphatic rings. The first-order chi connectivity index (χ1) is 11.0. The van der Waals surface area contributed by atoms with Crippen LogP contribution in [0.3, 0.4) is 0 Å². The highest BCUT2D eigenvalue weighted by molar-refractivity contribution is 6.06. The van der Waals surface area contributed by atoms with Crippen molar-refractivity contribution in [1.82, 2.24) is 0 Å². The molecule has 0 saturated heterocycles. The molecule has 0 heterocycles. The molecule has 0 radical (unpaired) electrons. The number of ketones is 1. The zero-order valence-electron chi connectivity index (χ0n) is 14.2. The number of carbonyl (C=O) groups excluding carboxylic acids is 2. The van der Waals surface area contributed by atoms with E-state index < -0.39 is 5.97 Å². The first-order valence-corrected chi connectivity index (χ1v) is 8.45.